The van der Waals surface area contributed by atoms with Gasteiger partial charge in [-0.3, -0.25) is 0 Å². The lowest BCUT2D eigenvalue weighted by Gasteiger charge is -2.03. The van der Waals surface area contributed by atoms with E-state index in [1.54, 1.807) is 18.0 Å². The zero-order valence-electron chi connectivity index (χ0n) is 11.7. The first-order chi connectivity index (χ1) is 10.3. The Morgan fingerprint density at radius 3 is 2.14 bits per heavy atom. The van der Waals surface area contributed by atoms with Gasteiger partial charge in [0.1, 0.15) is 5.69 Å². The molecule has 21 heavy (non-hydrogen) atoms. The molecular formula is C17H15N3S. The third kappa shape index (κ3) is 3.41. The van der Waals surface area contributed by atoms with Gasteiger partial charge in [-0.15, -0.1) is 11.8 Å². The first-order valence-corrected chi connectivity index (χ1v) is 7.86. The minimum absolute atomic E-state index is 0.826. The van der Waals surface area contributed by atoms with E-state index >= 15 is 0 Å². The molecule has 0 atom stereocenters. The van der Waals surface area contributed by atoms with E-state index in [2.05, 4.69) is 70.2 Å². The van der Waals surface area contributed by atoms with Crippen LogP contribution in [-0.4, -0.2) is 21.7 Å². The van der Waals surface area contributed by atoms with Crippen molar-refractivity contribution in [2.75, 3.05) is 6.26 Å². The molecule has 4 heteroatoms. The van der Waals surface area contributed by atoms with Crippen LogP contribution in [0.1, 0.15) is 11.3 Å². The molecule has 3 aromatic rings. The highest BCUT2D eigenvalue weighted by molar-refractivity contribution is 7.98. The van der Waals surface area contributed by atoms with Crippen molar-refractivity contribution >= 4 is 23.9 Å². The number of nitrogens with zero attached hydrogens (tertiary/aromatic N) is 2. The number of aromatic amines is 1. The smallest absolute Gasteiger partial charge is 0.105 e. The summed E-state index contributed by atoms with van der Waals surface area (Å²) in [5.74, 6) is 0. The van der Waals surface area contributed by atoms with Gasteiger partial charge in [-0.25, -0.2) is 0 Å². The highest BCUT2D eigenvalue weighted by Crippen LogP contribution is 2.23. The Kier molecular flexibility index (Phi) is 4.17. The van der Waals surface area contributed by atoms with Gasteiger partial charge in [-0.2, -0.15) is 15.4 Å². The van der Waals surface area contributed by atoms with Crippen LogP contribution in [0, 0.1) is 0 Å². The molecule has 0 bridgehead atoms. The first kappa shape index (κ1) is 13.6. The lowest BCUT2D eigenvalue weighted by atomic mass is 10.0. The molecule has 0 amide bonds. The molecule has 1 aromatic heterocycles. The number of thioether (sulfide) groups is 1. The Bertz CT molecular complexity index is 714. The van der Waals surface area contributed by atoms with E-state index in [4.69, 9.17) is 0 Å². The van der Waals surface area contributed by atoms with Gasteiger partial charge in [-0.05, 0) is 41.2 Å². The molecule has 2 aromatic carbocycles. The van der Waals surface area contributed by atoms with Crippen LogP contribution in [-0.2, 0) is 0 Å². The third-order valence-electron chi connectivity index (χ3n) is 3.21. The van der Waals surface area contributed by atoms with E-state index in [9.17, 15) is 0 Å². The lowest BCUT2D eigenvalue weighted by Crippen LogP contribution is -1.79. The quantitative estimate of drug-likeness (QED) is 0.726. The fraction of sp³-hybridized carbons (Fsp3) is 0.0588. The average Bonchev–Trinajstić information content (AvgIpc) is 3.07. The Hall–Kier alpha value is -2.33. The Morgan fingerprint density at radius 2 is 1.57 bits per heavy atom. The summed E-state index contributed by atoms with van der Waals surface area (Å²) in [5, 5.41) is 10.4. The van der Waals surface area contributed by atoms with Crippen LogP contribution in [0.3, 0.4) is 0 Å². The Morgan fingerprint density at radius 1 is 0.905 bits per heavy atom. The fourth-order valence-electron chi connectivity index (χ4n) is 2.04. The normalized spacial score (nSPS) is 11.1. The molecule has 3 rings (SSSR count). The van der Waals surface area contributed by atoms with Gasteiger partial charge in [0.05, 0.1) is 6.20 Å². The summed E-state index contributed by atoms with van der Waals surface area (Å²) in [6.07, 6.45) is 7.74. The molecule has 0 saturated carbocycles. The predicted octanol–water partition coefficient (Wildman–Crippen LogP) is 4.36. The van der Waals surface area contributed by atoms with Gasteiger partial charge < -0.3 is 0 Å². The molecule has 0 aliphatic rings. The number of aromatic nitrogens is 3. The van der Waals surface area contributed by atoms with Gasteiger partial charge in [0.2, 0.25) is 0 Å². The van der Waals surface area contributed by atoms with Crippen LogP contribution in [0.4, 0.5) is 0 Å². The van der Waals surface area contributed by atoms with Crippen molar-refractivity contribution in [3.05, 3.63) is 66.0 Å². The Balaban J connectivity index is 1.77. The molecule has 0 spiro atoms. The second kappa shape index (κ2) is 6.41. The minimum Gasteiger partial charge on any atom is -0.197 e. The van der Waals surface area contributed by atoms with Crippen LogP contribution in [0.15, 0.2) is 59.6 Å². The number of nitrogens with one attached hydrogen (secondary N) is 1. The van der Waals surface area contributed by atoms with E-state index in [0.717, 1.165) is 11.3 Å². The third-order valence-corrected chi connectivity index (χ3v) is 3.96. The standard InChI is InChI=1S/C17H15N3S/c1-21-17-10-7-15(8-11-17)14-5-2-13(3-6-14)4-9-16-12-18-20-19-16/h2-12H,1H3,(H,18,19,20). The van der Waals surface area contributed by atoms with E-state index in [1.807, 2.05) is 12.2 Å². The molecular weight excluding hydrogens is 278 g/mol. The van der Waals surface area contributed by atoms with E-state index in [1.165, 1.54) is 16.0 Å². The fourth-order valence-corrected chi connectivity index (χ4v) is 2.45. The molecule has 1 N–H and O–H groups in total. The maximum atomic E-state index is 3.99. The molecule has 0 radical (unpaired) electrons. The zero-order chi connectivity index (χ0) is 14.5. The van der Waals surface area contributed by atoms with Gasteiger partial charge in [0.15, 0.2) is 0 Å². The zero-order valence-corrected chi connectivity index (χ0v) is 12.5. The molecule has 0 aliphatic carbocycles. The maximum Gasteiger partial charge on any atom is 0.105 e. The van der Waals surface area contributed by atoms with E-state index < -0.39 is 0 Å². The maximum absolute atomic E-state index is 3.99. The van der Waals surface area contributed by atoms with Crippen molar-refractivity contribution in [1.82, 2.24) is 15.4 Å². The molecule has 3 nitrogen and oxygen atoms in total. The average molecular weight is 293 g/mol. The number of H-pyrrole nitrogens is 1. The first-order valence-electron chi connectivity index (χ1n) is 6.63. The van der Waals surface area contributed by atoms with Gasteiger partial charge >= 0.3 is 0 Å². The van der Waals surface area contributed by atoms with Gasteiger partial charge in [-0.1, -0.05) is 42.5 Å². The number of rotatable bonds is 4. The molecule has 0 unspecified atom stereocenters. The molecule has 0 fully saturated rings. The van der Waals surface area contributed by atoms with Crippen LogP contribution < -0.4 is 0 Å². The lowest BCUT2D eigenvalue weighted by molar-refractivity contribution is 0.937. The van der Waals surface area contributed by atoms with E-state index in [-0.39, 0.29) is 0 Å². The summed E-state index contributed by atoms with van der Waals surface area (Å²) in [5.41, 5.74) is 4.43. The number of hydrogen-bond donors (Lipinski definition) is 1. The highest BCUT2D eigenvalue weighted by atomic mass is 32.2. The van der Waals surface area contributed by atoms with Crippen molar-refractivity contribution in [3.8, 4) is 11.1 Å². The monoisotopic (exact) mass is 293 g/mol. The number of benzene rings is 2. The summed E-state index contributed by atoms with van der Waals surface area (Å²) < 4.78 is 0. The highest BCUT2D eigenvalue weighted by Gasteiger charge is 1.98. The second-order valence-corrected chi connectivity index (χ2v) is 5.46. The minimum atomic E-state index is 0.826. The van der Waals surface area contributed by atoms with Crippen LogP contribution in [0.2, 0.25) is 0 Å². The van der Waals surface area contributed by atoms with E-state index in [0.29, 0.717) is 0 Å². The van der Waals surface area contributed by atoms with Crippen molar-refractivity contribution < 1.29 is 0 Å². The molecule has 1 heterocycles. The summed E-state index contributed by atoms with van der Waals surface area (Å²) in [7, 11) is 0. The summed E-state index contributed by atoms with van der Waals surface area (Å²) in [4.78, 5) is 1.28. The SMILES string of the molecule is CSc1ccc(-c2ccc(C=Cc3cn[nH]n3)cc2)cc1. The van der Waals surface area contributed by atoms with Crippen LogP contribution in [0.5, 0.6) is 0 Å². The predicted molar refractivity (Wildman–Crippen MR) is 89.0 cm³/mol. The largest absolute Gasteiger partial charge is 0.197 e. The summed E-state index contributed by atoms with van der Waals surface area (Å²) >= 11 is 1.76. The van der Waals surface area contributed by atoms with Crippen molar-refractivity contribution in [2.24, 2.45) is 0 Å². The summed E-state index contributed by atoms with van der Waals surface area (Å²) in [6.45, 7) is 0. The van der Waals surface area contributed by atoms with Crippen LogP contribution in [0.25, 0.3) is 23.3 Å². The summed E-state index contributed by atoms with van der Waals surface area (Å²) in [6, 6.07) is 17.1. The van der Waals surface area contributed by atoms with Crippen molar-refractivity contribution in [2.45, 2.75) is 4.90 Å². The van der Waals surface area contributed by atoms with Crippen molar-refractivity contribution in [1.29, 1.82) is 0 Å². The van der Waals surface area contributed by atoms with Gasteiger partial charge in [0, 0.05) is 4.90 Å². The number of hydrogen-bond acceptors (Lipinski definition) is 3. The second-order valence-electron chi connectivity index (χ2n) is 4.58. The topological polar surface area (TPSA) is 41.6 Å². The Labute approximate surface area is 128 Å². The van der Waals surface area contributed by atoms with Crippen LogP contribution >= 0.6 is 11.8 Å². The molecule has 104 valence electrons. The molecule has 0 aliphatic heterocycles. The molecule has 0 saturated heterocycles. The van der Waals surface area contributed by atoms with Crippen molar-refractivity contribution in [3.63, 3.8) is 0 Å². The van der Waals surface area contributed by atoms with Gasteiger partial charge in [0.25, 0.3) is 0 Å².